The first kappa shape index (κ1) is 26.7. The minimum absolute atomic E-state index is 0.0272. The molecule has 5 aromatic rings. The van der Waals surface area contributed by atoms with Crippen molar-refractivity contribution in [3.05, 3.63) is 120 Å². The van der Waals surface area contributed by atoms with E-state index in [4.69, 9.17) is 4.74 Å². The number of nitrogens with one attached hydrogen (secondary N) is 2. The molecule has 6 rings (SSSR count). The molecule has 3 aromatic carbocycles. The standard InChI is InChI=1S/C33H34N6O2/c40-31(37-28-12-5-2-6-13-28)21-26-10-7-11-27(20-26)30-22-39(33-29-14-15-34-32(29)35-24-36-33)17-16-38(30)18-19-41-23-25-8-3-1-4-9-25/h1-15,20,24,30H,16-19,21-23H2,(H,37,40)(H,34,35,36). The molecule has 1 aliphatic rings. The second-order valence-corrected chi connectivity index (χ2v) is 10.3. The molecule has 1 aliphatic heterocycles. The van der Waals surface area contributed by atoms with E-state index in [2.05, 4.69) is 60.4 Å². The first-order valence-corrected chi connectivity index (χ1v) is 14.1. The number of benzene rings is 3. The predicted octanol–water partition coefficient (Wildman–Crippen LogP) is 5.22. The Morgan fingerprint density at radius 1 is 0.927 bits per heavy atom. The number of aromatic amines is 1. The summed E-state index contributed by atoms with van der Waals surface area (Å²) < 4.78 is 6.07. The van der Waals surface area contributed by atoms with E-state index < -0.39 is 0 Å². The van der Waals surface area contributed by atoms with Gasteiger partial charge in [-0.15, -0.1) is 0 Å². The molecule has 0 bridgehead atoms. The Hall–Kier alpha value is -4.53. The van der Waals surface area contributed by atoms with Crippen molar-refractivity contribution < 1.29 is 9.53 Å². The number of ether oxygens (including phenoxy) is 1. The molecule has 0 spiro atoms. The number of nitrogens with zero attached hydrogens (tertiary/aromatic N) is 4. The van der Waals surface area contributed by atoms with Crippen molar-refractivity contribution in [2.24, 2.45) is 0 Å². The predicted molar refractivity (Wildman–Crippen MR) is 162 cm³/mol. The van der Waals surface area contributed by atoms with E-state index in [0.29, 0.717) is 19.6 Å². The van der Waals surface area contributed by atoms with Gasteiger partial charge in [-0.3, -0.25) is 9.69 Å². The molecule has 2 N–H and O–H groups in total. The third kappa shape index (κ3) is 6.62. The summed E-state index contributed by atoms with van der Waals surface area (Å²) in [6, 6.07) is 30.4. The maximum Gasteiger partial charge on any atom is 0.228 e. The maximum absolute atomic E-state index is 12.8. The van der Waals surface area contributed by atoms with Crippen LogP contribution in [0.4, 0.5) is 11.5 Å². The van der Waals surface area contributed by atoms with Crippen LogP contribution in [0.3, 0.4) is 0 Å². The van der Waals surface area contributed by atoms with Crippen LogP contribution in [0.25, 0.3) is 11.0 Å². The lowest BCUT2D eigenvalue weighted by atomic mass is 9.98. The summed E-state index contributed by atoms with van der Waals surface area (Å²) in [6.45, 7) is 4.55. The fourth-order valence-corrected chi connectivity index (χ4v) is 5.48. The van der Waals surface area contributed by atoms with Crippen LogP contribution in [0.2, 0.25) is 0 Å². The molecule has 2 aromatic heterocycles. The highest BCUT2D eigenvalue weighted by Crippen LogP contribution is 2.31. The van der Waals surface area contributed by atoms with Crippen LogP contribution in [0.5, 0.6) is 0 Å². The minimum Gasteiger partial charge on any atom is -0.375 e. The van der Waals surface area contributed by atoms with Crippen molar-refractivity contribution in [2.45, 2.75) is 19.1 Å². The van der Waals surface area contributed by atoms with Gasteiger partial charge < -0.3 is 19.9 Å². The normalized spacial score (nSPS) is 15.7. The van der Waals surface area contributed by atoms with Gasteiger partial charge in [0.05, 0.1) is 31.1 Å². The van der Waals surface area contributed by atoms with E-state index in [0.717, 1.165) is 54.3 Å². The van der Waals surface area contributed by atoms with Crippen molar-refractivity contribution in [3.8, 4) is 0 Å². The Bertz CT molecular complexity index is 1570. The van der Waals surface area contributed by atoms with Crippen molar-refractivity contribution in [1.82, 2.24) is 19.9 Å². The molecule has 3 heterocycles. The van der Waals surface area contributed by atoms with Gasteiger partial charge in [0.25, 0.3) is 0 Å². The van der Waals surface area contributed by atoms with E-state index in [9.17, 15) is 4.79 Å². The third-order valence-electron chi connectivity index (χ3n) is 7.52. The Labute approximate surface area is 240 Å². The second kappa shape index (κ2) is 12.8. The van der Waals surface area contributed by atoms with Gasteiger partial charge in [0.15, 0.2) is 0 Å². The molecular formula is C33H34N6O2. The Kier molecular flexibility index (Phi) is 8.30. The van der Waals surface area contributed by atoms with Crippen LogP contribution in [-0.4, -0.2) is 58.5 Å². The number of fused-ring (bicyclic) bond motifs is 1. The summed E-state index contributed by atoms with van der Waals surface area (Å²) in [5.41, 5.74) is 4.99. The zero-order valence-electron chi connectivity index (χ0n) is 22.9. The van der Waals surface area contributed by atoms with E-state index in [1.54, 1.807) is 6.33 Å². The smallest absolute Gasteiger partial charge is 0.228 e. The van der Waals surface area contributed by atoms with Crippen molar-refractivity contribution in [3.63, 3.8) is 0 Å². The van der Waals surface area contributed by atoms with Crippen molar-refractivity contribution in [1.29, 1.82) is 0 Å². The number of piperazine rings is 1. The minimum atomic E-state index is -0.0272. The number of para-hydroxylation sites is 1. The summed E-state index contributed by atoms with van der Waals surface area (Å²) in [7, 11) is 0. The van der Waals surface area contributed by atoms with Gasteiger partial charge in [0.1, 0.15) is 17.8 Å². The monoisotopic (exact) mass is 546 g/mol. The van der Waals surface area contributed by atoms with Gasteiger partial charge in [-0.2, -0.15) is 0 Å². The zero-order valence-corrected chi connectivity index (χ0v) is 22.9. The molecule has 1 atom stereocenters. The average Bonchev–Trinajstić information content (AvgIpc) is 3.50. The number of amides is 1. The van der Waals surface area contributed by atoms with Gasteiger partial charge in [-0.05, 0) is 34.9 Å². The number of carbonyl (C=O) groups excluding carboxylic acids is 1. The highest BCUT2D eigenvalue weighted by Gasteiger charge is 2.30. The van der Waals surface area contributed by atoms with Gasteiger partial charge in [0.2, 0.25) is 5.91 Å². The molecule has 8 nitrogen and oxygen atoms in total. The molecule has 0 aliphatic carbocycles. The molecular weight excluding hydrogens is 512 g/mol. The van der Waals surface area contributed by atoms with Crippen LogP contribution in [-0.2, 0) is 22.6 Å². The van der Waals surface area contributed by atoms with Crippen LogP contribution in [0, 0.1) is 0 Å². The van der Waals surface area contributed by atoms with Crippen molar-refractivity contribution in [2.75, 3.05) is 43.0 Å². The third-order valence-corrected chi connectivity index (χ3v) is 7.52. The van der Waals surface area contributed by atoms with Crippen LogP contribution < -0.4 is 10.2 Å². The molecule has 0 radical (unpaired) electrons. The molecule has 208 valence electrons. The Morgan fingerprint density at radius 3 is 2.59 bits per heavy atom. The van der Waals surface area contributed by atoms with E-state index in [1.165, 1.54) is 11.1 Å². The summed E-state index contributed by atoms with van der Waals surface area (Å²) in [4.78, 5) is 29.9. The quantitative estimate of drug-likeness (QED) is 0.234. The second-order valence-electron chi connectivity index (χ2n) is 10.3. The van der Waals surface area contributed by atoms with Crippen LogP contribution in [0.1, 0.15) is 22.7 Å². The van der Waals surface area contributed by atoms with Gasteiger partial charge >= 0.3 is 0 Å². The van der Waals surface area contributed by atoms with E-state index >= 15 is 0 Å². The Balaban J connectivity index is 1.19. The SMILES string of the molecule is O=C(Cc1cccc(C2CN(c3ncnc4[nH]ccc34)CCN2CCOCc2ccccc2)c1)Nc1ccccc1. The summed E-state index contributed by atoms with van der Waals surface area (Å²) >= 11 is 0. The number of hydrogen-bond donors (Lipinski definition) is 2. The molecule has 1 unspecified atom stereocenters. The molecule has 1 saturated heterocycles. The highest BCUT2D eigenvalue weighted by atomic mass is 16.5. The largest absolute Gasteiger partial charge is 0.375 e. The molecule has 1 amide bonds. The first-order valence-electron chi connectivity index (χ1n) is 14.1. The topological polar surface area (TPSA) is 86.4 Å². The molecule has 0 saturated carbocycles. The number of rotatable bonds is 10. The Morgan fingerprint density at radius 2 is 1.73 bits per heavy atom. The fourth-order valence-electron chi connectivity index (χ4n) is 5.48. The zero-order chi connectivity index (χ0) is 27.9. The number of hydrogen-bond acceptors (Lipinski definition) is 6. The molecule has 8 heteroatoms. The first-order chi connectivity index (χ1) is 20.2. The van der Waals surface area contributed by atoms with Crippen LogP contribution in [0.15, 0.2) is 104 Å². The summed E-state index contributed by atoms with van der Waals surface area (Å²) in [5.74, 6) is 0.917. The number of aromatic nitrogens is 3. The van der Waals surface area contributed by atoms with Gasteiger partial charge in [-0.25, -0.2) is 9.97 Å². The average molecular weight is 547 g/mol. The lowest BCUT2D eigenvalue weighted by molar-refractivity contribution is -0.115. The lowest BCUT2D eigenvalue weighted by Gasteiger charge is -2.42. The fraction of sp³-hybridized carbons (Fsp3) is 0.242. The van der Waals surface area contributed by atoms with Crippen LogP contribution >= 0.6 is 0 Å². The lowest BCUT2D eigenvalue weighted by Crippen LogP contribution is -2.49. The van der Waals surface area contributed by atoms with E-state index in [-0.39, 0.29) is 11.9 Å². The van der Waals surface area contributed by atoms with Gasteiger partial charge in [-0.1, -0.05) is 72.8 Å². The number of H-pyrrole nitrogens is 1. The van der Waals surface area contributed by atoms with Crippen molar-refractivity contribution >= 4 is 28.4 Å². The number of anilines is 2. The molecule has 41 heavy (non-hydrogen) atoms. The molecule has 1 fully saturated rings. The van der Waals surface area contributed by atoms with Gasteiger partial charge in [0, 0.05) is 38.1 Å². The summed E-state index contributed by atoms with van der Waals surface area (Å²) in [6.07, 6.45) is 3.85. The maximum atomic E-state index is 12.8. The van der Waals surface area contributed by atoms with E-state index in [1.807, 2.05) is 66.9 Å². The highest BCUT2D eigenvalue weighted by molar-refractivity contribution is 5.92. The number of carbonyl (C=O) groups is 1. The summed E-state index contributed by atoms with van der Waals surface area (Å²) in [5, 5.41) is 4.02.